The Balaban J connectivity index is 1.92. The third kappa shape index (κ3) is 6.08. The molecule has 0 unspecified atom stereocenters. The second-order valence-electron chi connectivity index (χ2n) is 4.77. The Labute approximate surface area is 138 Å². The van der Waals surface area contributed by atoms with E-state index < -0.39 is 24.7 Å². The van der Waals surface area contributed by atoms with Crippen molar-refractivity contribution in [3.63, 3.8) is 0 Å². The van der Waals surface area contributed by atoms with Crippen LogP contribution in [0, 0.1) is 0 Å². The zero-order valence-corrected chi connectivity index (χ0v) is 12.5. The number of carboxylic acids is 1. The molecule has 0 saturated carbocycles. The fourth-order valence-electron chi connectivity index (χ4n) is 1.69. The van der Waals surface area contributed by atoms with Crippen molar-refractivity contribution in [3.05, 3.63) is 35.8 Å². The maximum atomic E-state index is 12.1. The van der Waals surface area contributed by atoms with Crippen LogP contribution in [0.2, 0.25) is 0 Å². The number of carboxylic acid groups (broad SMARTS) is 1. The minimum Gasteiger partial charge on any atom is -0.480 e. The summed E-state index contributed by atoms with van der Waals surface area (Å²) in [6.45, 7) is -1.93. The Bertz CT molecular complexity index is 762. The number of halogens is 3. The van der Waals surface area contributed by atoms with Crippen LogP contribution in [0.25, 0.3) is 0 Å². The summed E-state index contributed by atoms with van der Waals surface area (Å²) in [5.74, 6) is -2.02. The van der Waals surface area contributed by atoms with Crippen molar-refractivity contribution in [2.75, 3.05) is 6.61 Å². The van der Waals surface area contributed by atoms with E-state index >= 15 is 0 Å². The van der Waals surface area contributed by atoms with Crippen molar-refractivity contribution in [2.45, 2.75) is 19.3 Å². The fourth-order valence-corrected chi connectivity index (χ4v) is 1.69. The summed E-state index contributed by atoms with van der Waals surface area (Å²) >= 11 is 0. The molecule has 0 aliphatic rings. The number of aromatic nitrogens is 4. The number of hydrogen-bond donors (Lipinski definition) is 2. The smallest absolute Gasteiger partial charge is 0.422 e. The number of nitrogens with one attached hydrogen (secondary N) is 1. The van der Waals surface area contributed by atoms with Crippen LogP contribution in [0.3, 0.4) is 0 Å². The molecular formula is C13H12F3N5O4. The molecule has 0 aromatic carbocycles. The van der Waals surface area contributed by atoms with Gasteiger partial charge in [-0.3, -0.25) is 9.59 Å². The molecule has 0 bridgehead atoms. The molecule has 134 valence electrons. The molecule has 0 aliphatic carbocycles. The lowest BCUT2D eigenvalue weighted by molar-refractivity contribution is -0.154. The fraction of sp³-hybridized carbons (Fsp3) is 0.308. The predicted octanol–water partition coefficient (Wildman–Crippen LogP) is 0.629. The Morgan fingerprint density at radius 3 is 2.80 bits per heavy atom. The molecule has 2 N–H and O–H groups in total. The molecule has 9 nitrogen and oxygen atoms in total. The summed E-state index contributed by atoms with van der Waals surface area (Å²) in [6.07, 6.45) is -2.02. The summed E-state index contributed by atoms with van der Waals surface area (Å²) in [5, 5.41) is 18.3. The molecule has 2 aromatic heterocycles. The van der Waals surface area contributed by atoms with Gasteiger partial charge in [0, 0.05) is 17.8 Å². The predicted molar refractivity (Wildman–Crippen MR) is 74.6 cm³/mol. The van der Waals surface area contributed by atoms with E-state index in [0.29, 0.717) is 5.69 Å². The van der Waals surface area contributed by atoms with E-state index in [1.54, 1.807) is 0 Å². The van der Waals surface area contributed by atoms with E-state index in [2.05, 4.69) is 25.3 Å². The molecule has 0 radical (unpaired) electrons. The normalized spacial score (nSPS) is 11.2. The van der Waals surface area contributed by atoms with Gasteiger partial charge in [-0.1, -0.05) is 5.21 Å². The lowest BCUT2D eigenvalue weighted by Gasteiger charge is -2.09. The van der Waals surface area contributed by atoms with Crippen molar-refractivity contribution in [1.29, 1.82) is 0 Å². The van der Waals surface area contributed by atoms with Gasteiger partial charge in [0.15, 0.2) is 6.61 Å². The van der Waals surface area contributed by atoms with Crippen LogP contribution in [-0.4, -0.2) is 49.7 Å². The Morgan fingerprint density at radius 1 is 1.36 bits per heavy atom. The van der Waals surface area contributed by atoms with Gasteiger partial charge in [-0.05, 0) is 6.07 Å². The minimum absolute atomic E-state index is 0.0421. The van der Waals surface area contributed by atoms with Gasteiger partial charge in [0.25, 0.3) is 5.91 Å². The number of carbonyl (C=O) groups excluding carboxylic acids is 1. The molecule has 0 saturated heterocycles. The first-order valence-corrected chi connectivity index (χ1v) is 6.77. The number of pyridine rings is 1. The van der Waals surface area contributed by atoms with Gasteiger partial charge in [-0.15, -0.1) is 5.10 Å². The largest absolute Gasteiger partial charge is 0.480 e. The molecule has 2 aromatic rings. The summed E-state index contributed by atoms with van der Waals surface area (Å²) in [7, 11) is 0. The summed E-state index contributed by atoms with van der Waals surface area (Å²) in [6, 6.07) is 2.37. The highest BCUT2D eigenvalue weighted by atomic mass is 19.4. The van der Waals surface area contributed by atoms with Gasteiger partial charge in [0.1, 0.15) is 12.2 Å². The van der Waals surface area contributed by atoms with E-state index in [1.807, 2.05) is 0 Å². The molecule has 0 atom stereocenters. The Morgan fingerprint density at radius 2 is 2.12 bits per heavy atom. The number of carbonyl (C=O) groups is 2. The third-order valence-corrected chi connectivity index (χ3v) is 2.69. The average Bonchev–Trinajstić information content (AvgIpc) is 2.97. The van der Waals surface area contributed by atoms with Crippen molar-refractivity contribution in [1.82, 2.24) is 25.3 Å². The molecule has 12 heteroatoms. The first-order chi connectivity index (χ1) is 11.7. The SMILES string of the molecule is O=C(O)Cn1cc(CNC(=O)c2ccnc(OCC(F)(F)F)c2)nn1. The van der Waals surface area contributed by atoms with Gasteiger partial charge < -0.3 is 15.2 Å². The number of hydrogen-bond acceptors (Lipinski definition) is 6. The topological polar surface area (TPSA) is 119 Å². The van der Waals surface area contributed by atoms with Gasteiger partial charge in [-0.25, -0.2) is 9.67 Å². The minimum atomic E-state index is -4.51. The molecule has 2 heterocycles. The highest BCUT2D eigenvalue weighted by molar-refractivity contribution is 5.94. The second-order valence-corrected chi connectivity index (χ2v) is 4.77. The van der Waals surface area contributed by atoms with Crippen LogP contribution in [0.4, 0.5) is 13.2 Å². The quantitative estimate of drug-likeness (QED) is 0.744. The zero-order chi connectivity index (χ0) is 18.4. The van der Waals surface area contributed by atoms with Gasteiger partial charge in [0.2, 0.25) is 5.88 Å². The van der Waals surface area contributed by atoms with Crippen molar-refractivity contribution < 1.29 is 32.6 Å². The molecule has 0 fully saturated rings. The first kappa shape index (κ1) is 18.2. The van der Waals surface area contributed by atoms with Crippen LogP contribution in [0.15, 0.2) is 24.5 Å². The summed E-state index contributed by atoms with van der Waals surface area (Å²) in [4.78, 5) is 26.1. The molecule has 0 spiro atoms. The molecular weight excluding hydrogens is 347 g/mol. The van der Waals surface area contributed by atoms with Crippen LogP contribution < -0.4 is 10.1 Å². The number of ether oxygens (including phenoxy) is 1. The van der Waals surface area contributed by atoms with Crippen molar-refractivity contribution >= 4 is 11.9 Å². The van der Waals surface area contributed by atoms with Crippen LogP contribution in [0.1, 0.15) is 16.1 Å². The van der Waals surface area contributed by atoms with Crippen LogP contribution in [0.5, 0.6) is 5.88 Å². The third-order valence-electron chi connectivity index (χ3n) is 2.69. The molecule has 1 amide bonds. The molecule has 2 rings (SSSR count). The monoisotopic (exact) mass is 359 g/mol. The summed E-state index contributed by atoms with van der Waals surface area (Å²) < 4.78 is 41.9. The number of amides is 1. The number of nitrogens with zero attached hydrogens (tertiary/aromatic N) is 4. The Hall–Kier alpha value is -3.18. The highest BCUT2D eigenvalue weighted by Gasteiger charge is 2.28. The van der Waals surface area contributed by atoms with Gasteiger partial charge in [-0.2, -0.15) is 13.2 Å². The van der Waals surface area contributed by atoms with E-state index in [9.17, 15) is 22.8 Å². The highest BCUT2D eigenvalue weighted by Crippen LogP contribution is 2.17. The zero-order valence-electron chi connectivity index (χ0n) is 12.5. The lowest BCUT2D eigenvalue weighted by atomic mass is 10.2. The molecule has 0 aliphatic heterocycles. The average molecular weight is 359 g/mol. The molecule has 25 heavy (non-hydrogen) atoms. The van der Waals surface area contributed by atoms with E-state index in [1.165, 1.54) is 12.3 Å². The number of aliphatic carboxylic acids is 1. The van der Waals surface area contributed by atoms with Gasteiger partial charge >= 0.3 is 12.1 Å². The van der Waals surface area contributed by atoms with Crippen molar-refractivity contribution in [2.24, 2.45) is 0 Å². The first-order valence-electron chi connectivity index (χ1n) is 6.77. The maximum Gasteiger partial charge on any atom is 0.422 e. The van der Waals surface area contributed by atoms with E-state index in [4.69, 9.17) is 5.11 Å². The number of alkyl halides is 3. The second kappa shape index (κ2) is 7.59. The lowest BCUT2D eigenvalue weighted by Crippen LogP contribution is -2.23. The summed E-state index contributed by atoms with van der Waals surface area (Å²) in [5.41, 5.74) is 0.363. The van der Waals surface area contributed by atoms with Crippen LogP contribution >= 0.6 is 0 Å². The van der Waals surface area contributed by atoms with Crippen LogP contribution in [-0.2, 0) is 17.9 Å². The maximum absolute atomic E-state index is 12.1. The standard InChI is InChI=1S/C13H12F3N5O4/c14-13(15,16)7-25-10-3-8(1-2-17-10)12(24)18-4-9-5-21(20-19-9)6-11(22)23/h1-3,5H,4,6-7H2,(H,18,24)(H,22,23). The van der Waals surface area contributed by atoms with Crippen molar-refractivity contribution in [3.8, 4) is 5.88 Å². The van der Waals surface area contributed by atoms with E-state index in [0.717, 1.165) is 16.9 Å². The Kier molecular flexibility index (Phi) is 5.52. The number of rotatable bonds is 7. The van der Waals surface area contributed by atoms with Gasteiger partial charge in [0.05, 0.1) is 12.7 Å². The van der Waals surface area contributed by atoms with E-state index in [-0.39, 0.29) is 24.5 Å².